The Hall–Kier alpha value is -1.70. The fourth-order valence-electron chi connectivity index (χ4n) is 2.36. The zero-order valence-corrected chi connectivity index (χ0v) is 11.7. The van der Waals surface area contributed by atoms with Crippen molar-refractivity contribution in [3.8, 4) is 17.0 Å². The van der Waals surface area contributed by atoms with Gasteiger partial charge in [-0.15, -0.1) is 0 Å². The summed E-state index contributed by atoms with van der Waals surface area (Å²) < 4.78 is 7.92. The molecule has 0 N–H and O–H groups in total. The van der Waals surface area contributed by atoms with Crippen LogP contribution in [0.4, 0.5) is 0 Å². The van der Waals surface area contributed by atoms with Crippen molar-refractivity contribution < 1.29 is 33.5 Å². The number of carboxylic acids is 1. The summed E-state index contributed by atoms with van der Waals surface area (Å²) in [6, 6.07) is 4.74. The zero-order valence-electron chi connectivity index (χ0n) is 11.7. The summed E-state index contributed by atoms with van der Waals surface area (Å²) in [5.41, 5.74) is 1.33. The van der Waals surface area contributed by atoms with E-state index in [-0.39, 0.29) is 30.0 Å². The number of nitrogens with zero attached hydrogens (tertiary/aromatic N) is 2. The molecule has 0 bridgehead atoms. The maximum Gasteiger partial charge on any atom is 1.00 e. The molecule has 0 radical (unpaired) electrons. The third-order valence-electron chi connectivity index (χ3n) is 3.14. The van der Waals surface area contributed by atoms with E-state index in [1.54, 1.807) is 24.7 Å². The molecule has 0 aliphatic carbocycles. The number of benzene rings is 1. The normalized spacial score (nSPS) is 15.1. The van der Waals surface area contributed by atoms with Gasteiger partial charge in [0.1, 0.15) is 11.4 Å². The molecular formula is C14H13LiN2O3. The summed E-state index contributed by atoms with van der Waals surface area (Å²) in [5.74, 6) is -0.536. The fraction of sp³-hybridized carbons (Fsp3) is 0.286. The van der Waals surface area contributed by atoms with Gasteiger partial charge in [-0.25, -0.2) is 4.98 Å². The molecule has 0 saturated heterocycles. The first-order chi connectivity index (χ1) is 8.96. The minimum atomic E-state index is -1.20. The maximum absolute atomic E-state index is 11.0. The van der Waals surface area contributed by atoms with Gasteiger partial charge in [0, 0.05) is 5.56 Å². The van der Waals surface area contributed by atoms with Crippen LogP contribution < -0.4 is 28.7 Å². The van der Waals surface area contributed by atoms with Gasteiger partial charge in [0.2, 0.25) is 0 Å². The van der Waals surface area contributed by atoms with Crippen LogP contribution in [0.2, 0.25) is 0 Å². The Bertz CT molecular complexity index is 664. The van der Waals surface area contributed by atoms with Gasteiger partial charge in [-0.3, -0.25) is 0 Å². The van der Waals surface area contributed by atoms with Crippen LogP contribution in [-0.4, -0.2) is 21.1 Å². The summed E-state index contributed by atoms with van der Waals surface area (Å²) >= 11 is 0. The van der Waals surface area contributed by atoms with Crippen LogP contribution in [0.5, 0.6) is 5.75 Å². The second kappa shape index (κ2) is 5.01. The fourth-order valence-corrected chi connectivity index (χ4v) is 2.36. The molecule has 0 saturated carbocycles. The molecule has 0 spiro atoms. The third-order valence-corrected chi connectivity index (χ3v) is 3.14. The number of imidazole rings is 1. The van der Waals surface area contributed by atoms with Crippen LogP contribution in [0.15, 0.2) is 30.7 Å². The number of carbonyl (C=O) groups excluding carboxylic acids is 1. The first kappa shape index (κ1) is 14.7. The third kappa shape index (κ3) is 2.47. The first-order valence-electron chi connectivity index (χ1n) is 6.01. The zero-order chi connectivity index (χ0) is 13.6. The quantitative estimate of drug-likeness (QED) is 0.564. The number of hydrogen-bond donors (Lipinski definition) is 0. The largest absolute Gasteiger partial charge is 1.00 e. The first-order valence-corrected chi connectivity index (χ1v) is 6.01. The van der Waals surface area contributed by atoms with E-state index < -0.39 is 5.97 Å². The molecule has 0 fully saturated rings. The van der Waals surface area contributed by atoms with Crippen molar-refractivity contribution in [3.63, 3.8) is 0 Å². The molecule has 1 aromatic heterocycles. The molecule has 2 heterocycles. The summed E-state index contributed by atoms with van der Waals surface area (Å²) in [7, 11) is 0. The van der Waals surface area contributed by atoms with E-state index >= 15 is 0 Å². The van der Waals surface area contributed by atoms with Gasteiger partial charge >= 0.3 is 18.9 Å². The number of aromatic nitrogens is 2. The predicted molar refractivity (Wildman–Crippen MR) is 66.7 cm³/mol. The average Bonchev–Trinajstić information content (AvgIpc) is 2.72. The van der Waals surface area contributed by atoms with E-state index in [0.717, 1.165) is 11.3 Å². The summed E-state index contributed by atoms with van der Waals surface area (Å²) in [5, 5.41) is 11.0. The Labute approximate surface area is 128 Å². The number of aromatic carboxylic acids is 1. The summed E-state index contributed by atoms with van der Waals surface area (Å²) in [6.45, 7) is 4.62. The molecule has 0 atom stereocenters. The second-order valence-corrected chi connectivity index (χ2v) is 5.27. The van der Waals surface area contributed by atoms with Crippen molar-refractivity contribution in [2.45, 2.75) is 26.0 Å². The van der Waals surface area contributed by atoms with Gasteiger partial charge in [-0.1, -0.05) is 0 Å². The Morgan fingerprint density at radius 3 is 2.90 bits per heavy atom. The average molecular weight is 264 g/mol. The van der Waals surface area contributed by atoms with Crippen LogP contribution in [0, 0.1) is 0 Å². The number of fused-ring (bicyclic) bond motifs is 3. The predicted octanol–water partition coefficient (Wildman–Crippen LogP) is -1.91. The van der Waals surface area contributed by atoms with Crippen LogP contribution in [-0.2, 0) is 6.54 Å². The van der Waals surface area contributed by atoms with Crippen molar-refractivity contribution in [2.75, 3.05) is 0 Å². The molecule has 0 amide bonds. The molecular weight excluding hydrogens is 251 g/mol. The Kier molecular flexibility index (Phi) is 3.68. The number of hydrogen-bond acceptors (Lipinski definition) is 4. The Morgan fingerprint density at radius 2 is 2.20 bits per heavy atom. The van der Waals surface area contributed by atoms with Gasteiger partial charge < -0.3 is 19.2 Å². The molecule has 2 aromatic rings. The van der Waals surface area contributed by atoms with E-state index in [9.17, 15) is 9.90 Å². The topological polar surface area (TPSA) is 67.2 Å². The van der Waals surface area contributed by atoms with Crippen LogP contribution in [0.25, 0.3) is 11.3 Å². The molecule has 0 unspecified atom stereocenters. The van der Waals surface area contributed by atoms with Crippen LogP contribution in [0.1, 0.15) is 24.2 Å². The molecule has 1 aliphatic heterocycles. The second-order valence-electron chi connectivity index (χ2n) is 5.27. The van der Waals surface area contributed by atoms with E-state index in [1.807, 2.05) is 18.4 Å². The molecule has 5 nitrogen and oxygen atoms in total. The van der Waals surface area contributed by atoms with Crippen molar-refractivity contribution in [2.24, 2.45) is 0 Å². The van der Waals surface area contributed by atoms with Gasteiger partial charge in [0.15, 0.2) is 0 Å². The smallest absolute Gasteiger partial charge is 0.545 e. The minimum absolute atomic E-state index is 0. The Morgan fingerprint density at radius 1 is 1.45 bits per heavy atom. The number of carbonyl (C=O) groups is 1. The summed E-state index contributed by atoms with van der Waals surface area (Å²) in [6.07, 6.45) is 3.43. The van der Waals surface area contributed by atoms with Crippen molar-refractivity contribution in [3.05, 3.63) is 36.3 Å². The number of ether oxygens (including phenoxy) is 1. The van der Waals surface area contributed by atoms with Gasteiger partial charge in [-0.05, 0) is 37.6 Å². The van der Waals surface area contributed by atoms with Gasteiger partial charge in [0.25, 0.3) is 0 Å². The van der Waals surface area contributed by atoms with Crippen LogP contribution in [0.3, 0.4) is 0 Å². The minimum Gasteiger partial charge on any atom is -0.545 e. The van der Waals surface area contributed by atoms with Crippen molar-refractivity contribution >= 4 is 5.97 Å². The van der Waals surface area contributed by atoms with E-state index in [4.69, 9.17) is 4.74 Å². The Balaban J connectivity index is 0.00000147. The maximum atomic E-state index is 11.0. The van der Waals surface area contributed by atoms with Gasteiger partial charge in [-0.2, -0.15) is 0 Å². The summed E-state index contributed by atoms with van der Waals surface area (Å²) in [4.78, 5) is 15.1. The molecule has 6 heteroatoms. The van der Waals surface area contributed by atoms with Crippen LogP contribution >= 0.6 is 0 Å². The van der Waals surface area contributed by atoms with E-state index in [2.05, 4.69) is 4.98 Å². The number of rotatable bonds is 1. The van der Waals surface area contributed by atoms with Crippen molar-refractivity contribution in [1.82, 2.24) is 9.55 Å². The standard InChI is InChI=1S/C14H14N2O3.Li/c1-14(2)7-16-8-15-6-11(16)10-5-9(13(17)18)3-4-12(10)19-14;/h3-6,8H,7H2,1-2H3,(H,17,18);/q;+1/p-1. The molecule has 1 aliphatic rings. The van der Waals surface area contributed by atoms with E-state index in [1.165, 1.54) is 6.07 Å². The van der Waals surface area contributed by atoms with Gasteiger partial charge in [0.05, 0.1) is 30.7 Å². The molecule has 98 valence electrons. The monoisotopic (exact) mass is 264 g/mol. The molecule has 20 heavy (non-hydrogen) atoms. The van der Waals surface area contributed by atoms with Crippen molar-refractivity contribution in [1.29, 1.82) is 0 Å². The molecule has 3 rings (SSSR count). The molecule has 1 aromatic carbocycles. The number of carboxylic acid groups (broad SMARTS) is 1. The SMILES string of the molecule is CC1(C)Cn2cncc2-c2cc(C(=O)[O-])ccc2O1.[Li+]. The van der Waals surface area contributed by atoms with E-state index in [0.29, 0.717) is 12.3 Å².